The molecule has 2 nitrogen and oxygen atoms in total. The minimum Gasteiger partial charge on any atom is -0.326 e. The summed E-state index contributed by atoms with van der Waals surface area (Å²) in [6, 6.07) is 6.03. The Kier molecular flexibility index (Phi) is 3.67. The molecule has 0 unspecified atom stereocenters. The molecule has 0 radical (unpaired) electrons. The predicted molar refractivity (Wildman–Crippen MR) is 57.8 cm³/mol. The van der Waals surface area contributed by atoms with E-state index in [0.717, 1.165) is 24.0 Å². The topological polar surface area (TPSA) is 49.8 Å². The third-order valence-electron chi connectivity index (χ3n) is 2.54. The van der Waals surface area contributed by atoms with E-state index >= 15 is 0 Å². The second kappa shape index (κ2) is 4.78. The van der Waals surface area contributed by atoms with Crippen molar-refractivity contribution in [3.05, 3.63) is 34.4 Å². The van der Waals surface area contributed by atoms with Crippen LogP contribution >= 0.6 is 0 Å². The van der Waals surface area contributed by atoms with Gasteiger partial charge in [0.05, 0.1) is 11.6 Å². The minimum absolute atomic E-state index is 0.557. The Morgan fingerprint density at radius 3 is 2.64 bits per heavy atom. The maximum atomic E-state index is 8.89. The van der Waals surface area contributed by atoms with Crippen LogP contribution < -0.4 is 5.73 Å². The normalized spacial score (nSPS) is 9.86. The van der Waals surface area contributed by atoms with Crippen molar-refractivity contribution in [2.24, 2.45) is 5.73 Å². The van der Waals surface area contributed by atoms with E-state index in [-0.39, 0.29) is 0 Å². The molecule has 0 heterocycles. The van der Waals surface area contributed by atoms with Gasteiger partial charge in [-0.1, -0.05) is 19.4 Å². The summed E-state index contributed by atoms with van der Waals surface area (Å²) in [5.74, 6) is 0. The predicted octanol–water partition coefficient (Wildman–Crippen LogP) is 2.28. The molecule has 1 rings (SSSR count). The molecule has 0 aliphatic rings. The van der Waals surface area contributed by atoms with Gasteiger partial charge in [0.15, 0.2) is 0 Å². The average Bonchev–Trinajstić information content (AvgIpc) is 2.21. The van der Waals surface area contributed by atoms with Crippen molar-refractivity contribution in [1.29, 1.82) is 5.26 Å². The number of hydrogen-bond donors (Lipinski definition) is 1. The van der Waals surface area contributed by atoms with Crippen molar-refractivity contribution in [1.82, 2.24) is 0 Å². The van der Waals surface area contributed by atoms with Crippen LogP contribution in [0.25, 0.3) is 0 Å². The fraction of sp³-hybridized carbons (Fsp3) is 0.417. The van der Waals surface area contributed by atoms with E-state index in [9.17, 15) is 0 Å². The van der Waals surface area contributed by atoms with Gasteiger partial charge in [-0.3, -0.25) is 0 Å². The summed E-state index contributed by atoms with van der Waals surface area (Å²) < 4.78 is 0. The lowest BCUT2D eigenvalue weighted by Gasteiger charge is -2.11. The summed E-state index contributed by atoms with van der Waals surface area (Å²) in [6.45, 7) is 4.70. The molecule has 0 aliphatic carbocycles. The number of nitriles is 1. The van der Waals surface area contributed by atoms with Crippen LogP contribution in [0.3, 0.4) is 0 Å². The highest BCUT2D eigenvalue weighted by molar-refractivity contribution is 5.46. The second-order valence-electron chi connectivity index (χ2n) is 3.44. The first-order valence-electron chi connectivity index (χ1n) is 4.96. The van der Waals surface area contributed by atoms with E-state index in [1.165, 1.54) is 11.1 Å². The summed E-state index contributed by atoms with van der Waals surface area (Å²) in [5.41, 5.74) is 9.95. The summed E-state index contributed by atoms with van der Waals surface area (Å²) in [6.07, 6.45) is 2.09. The van der Waals surface area contributed by atoms with E-state index in [1.54, 1.807) is 0 Å². The van der Waals surface area contributed by atoms with Crippen LogP contribution in [0.1, 0.15) is 35.6 Å². The first kappa shape index (κ1) is 10.7. The molecule has 0 bridgehead atoms. The Morgan fingerprint density at radius 1 is 1.43 bits per heavy atom. The first-order valence-corrected chi connectivity index (χ1v) is 4.96. The average molecular weight is 188 g/mol. The molecule has 0 aliphatic heterocycles. The van der Waals surface area contributed by atoms with Crippen LogP contribution in [-0.4, -0.2) is 0 Å². The van der Waals surface area contributed by atoms with Crippen molar-refractivity contribution < 1.29 is 0 Å². The Balaban J connectivity index is 3.25. The monoisotopic (exact) mass is 188 g/mol. The SMILES string of the molecule is CCCc1c(CN)ccc(C#N)c1C. The lowest BCUT2D eigenvalue weighted by atomic mass is 9.94. The lowest BCUT2D eigenvalue weighted by molar-refractivity contribution is 0.882. The fourth-order valence-electron chi connectivity index (χ4n) is 1.72. The third kappa shape index (κ3) is 1.94. The molecule has 1 aromatic carbocycles. The largest absolute Gasteiger partial charge is 0.326 e. The van der Waals surface area contributed by atoms with Crippen molar-refractivity contribution in [3.63, 3.8) is 0 Å². The van der Waals surface area contributed by atoms with Gasteiger partial charge < -0.3 is 5.73 Å². The highest BCUT2D eigenvalue weighted by atomic mass is 14.5. The molecule has 14 heavy (non-hydrogen) atoms. The second-order valence-corrected chi connectivity index (χ2v) is 3.44. The van der Waals surface area contributed by atoms with E-state index < -0.39 is 0 Å². The molecule has 0 atom stereocenters. The smallest absolute Gasteiger partial charge is 0.0994 e. The Morgan fingerprint density at radius 2 is 2.14 bits per heavy atom. The molecule has 0 amide bonds. The van der Waals surface area contributed by atoms with Gasteiger partial charge in [-0.05, 0) is 36.1 Å². The van der Waals surface area contributed by atoms with Crippen LogP contribution in [0, 0.1) is 18.3 Å². The van der Waals surface area contributed by atoms with Crippen LogP contribution in [0.15, 0.2) is 12.1 Å². The molecule has 0 fully saturated rings. The third-order valence-corrected chi connectivity index (χ3v) is 2.54. The van der Waals surface area contributed by atoms with E-state index in [0.29, 0.717) is 6.54 Å². The maximum Gasteiger partial charge on any atom is 0.0994 e. The number of hydrogen-bond acceptors (Lipinski definition) is 2. The van der Waals surface area contributed by atoms with E-state index in [4.69, 9.17) is 11.0 Å². The van der Waals surface area contributed by atoms with Gasteiger partial charge in [0.1, 0.15) is 0 Å². The summed E-state index contributed by atoms with van der Waals surface area (Å²) in [4.78, 5) is 0. The molecule has 0 aromatic heterocycles. The Hall–Kier alpha value is -1.33. The zero-order valence-corrected chi connectivity index (χ0v) is 8.80. The minimum atomic E-state index is 0.557. The van der Waals surface area contributed by atoms with Crippen molar-refractivity contribution >= 4 is 0 Å². The van der Waals surface area contributed by atoms with Gasteiger partial charge in [-0.2, -0.15) is 5.26 Å². The van der Waals surface area contributed by atoms with Gasteiger partial charge in [-0.25, -0.2) is 0 Å². The Labute approximate surface area is 85.4 Å². The molecule has 0 saturated carbocycles. The van der Waals surface area contributed by atoms with Gasteiger partial charge >= 0.3 is 0 Å². The zero-order valence-electron chi connectivity index (χ0n) is 8.80. The molecule has 1 aromatic rings. The number of rotatable bonds is 3. The number of nitrogens with zero attached hydrogens (tertiary/aromatic N) is 1. The molecule has 74 valence electrons. The number of benzene rings is 1. The van der Waals surface area contributed by atoms with Crippen molar-refractivity contribution in [2.75, 3.05) is 0 Å². The molecule has 2 N–H and O–H groups in total. The van der Waals surface area contributed by atoms with Crippen LogP contribution in [0.5, 0.6) is 0 Å². The maximum absolute atomic E-state index is 8.89. The molecular formula is C12H16N2. The zero-order chi connectivity index (χ0) is 10.6. The summed E-state index contributed by atoms with van der Waals surface area (Å²) >= 11 is 0. The quantitative estimate of drug-likeness (QED) is 0.791. The van der Waals surface area contributed by atoms with Crippen LogP contribution in [0.4, 0.5) is 0 Å². The van der Waals surface area contributed by atoms with Gasteiger partial charge in [0, 0.05) is 6.54 Å². The first-order chi connectivity index (χ1) is 6.74. The molecular weight excluding hydrogens is 172 g/mol. The molecule has 0 spiro atoms. The summed E-state index contributed by atoms with van der Waals surface area (Å²) in [7, 11) is 0. The van der Waals surface area contributed by atoms with Crippen molar-refractivity contribution in [3.8, 4) is 6.07 Å². The van der Waals surface area contributed by atoms with Gasteiger partial charge in [-0.15, -0.1) is 0 Å². The highest BCUT2D eigenvalue weighted by Crippen LogP contribution is 2.19. The van der Waals surface area contributed by atoms with Crippen LogP contribution in [-0.2, 0) is 13.0 Å². The number of nitrogens with two attached hydrogens (primary N) is 1. The van der Waals surface area contributed by atoms with Gasteiger partial charge in [0.25, 0.3) is 0 Å². The summed E-state index contributed by atoms with van der Waals surface area (Å²) in [5, 5.41) is 8.89. The van der Waals surface area contributed by atoms with Crippen LogP contribution in [0.2, 0.25) is 0 Å². The lowest BCUT2D eigenvalue weighted by Crippen LogP contribution is -2.04. The van der Waals surface area contributed by atoms with Crippen molar-refractivity contribution in [2.45, 2.75) is 33.2 Å². The standard InChI is InChI=1S/C12H16N2/c1-3-4-12-9(2)10(7-13)5-6-11(12)8-14/h5-6H,3-4,8,14H2,1-2H3. The van der Waals surface area contributed by atoms with E-state index in [1.807, 2.05) is 19.1 Å². The van der Waals surface area contributed by atoms with Gasteiger partial charge in [0.2, 0.25) is 0 Å². The fourth-order valence-corrected chi connectivity index (χ4v) is 1.72. The molecule has 2 heteroatoms. The molecule has 0 saturated heterocycles. The highest BCUT2D eigenvalue weighted by Gasteiger charge is 2.07. The van der Waals surface area contributed by atoms with E-state index in [2.05, 4.69) is 13.0 Å². The Bertz CT molecular complexity index is 361.